The molecule has 20 nitrogen and oxygen atoms in total. The van der Waals surface area contributed by atoms with E-state index in [0.717, 1.165) is 29.8 Å². The number of carboxylic acid groups (broad SMARTS) is 1. The number of aromatic nitrogens is 4. The minimum Gasteiger partial charge on any atom is -0.480 e. The van der Waals surface area contributed by atoms with Gasteiger partial charge in [-0.2, -0.15) is 9.97 Å². The van der Waals surface area contributed by atoms with Crippen molar-refractivity contribution in [1.29, 1.82) is 0 Å². The minimum absolute atomic E-state index is 0.00184. The van der Waals surface area contributed by atoms with Crippen LogP contribution in [-0.4, -0.2) is 104 Å². The molecule has 0 spiro atoms. The van der Waals surface area contributed by atoms with Crippen molar-refractivity contribution in [3.05, 3.63) is 71.0 Å². The molecule has 1 fully saturated rings. The van der Waals surface area contributed by atoms with E-state index < -0.39 is 47.6 Å². The van der Waals surface area contributed by atoms with Crippen LogP contribution in [-0.2, 0) is 25.7 Å². The molecule has 4 heterocycles. The molecule has 2 aliphatic heterocycles. The number of imide groups is 2. The molecule has 0 aliphatic carbocycles. The Balaban J connectivity index is 0.874. The lowest BCUT2D eigenvalue weighted by atomic mass is 10.0. The summed E-state index contributed by atoms with van der Waals surface area (Å²) in [5, 5.41) is 20.4. The number of nitrogens with two attached hydrogens (primary N) is 2. The lowest BCUT2D eigenvalue weighted by molar-refractivity contribution is -0.140. The van der Waals surface area contributed by atoms with Crippen LogP contribution in [0.5, 0.6) is 0 Å². The zero-order valence-corrected chi connectivity index (χ0v) is 32.2. The van der Waals surface area contributed by atoms with Crippen LogP contribution < -0.4 is 37.6 Å². The van der Waals surface area contributed by atoms with Crippen molar-refractivity contribution < 1.29 is 38.7 Å². The molecule has 1 unspecified atom stereocenters. The number of hydrogen-bond donors (Lipinski definition) is 7. The molecule has 20 heteroatoms. The van der Waals surface area contributed by atoms with E-state index >= 15 is 0 Å². The Bertz CT molecular complexity index is 2300. The number of hydrogen-bond acceptors (Lipinski definition) is 15. The number of benzene rings is 2. The summed E-state index contributed by atoms with van der Waals surface area (Å²) in [6.45, 7) is 1.25. The van der Waals surface area contributed by atoms with Gasteiger partial charge in [0.05, 0.1) is 29.6 Å². The fraction of sp³-hybridized carbons (Fsp3) is 0.359. The fourth-order valence-corrected chi connectivity index (χ4v) is 6.84. The third-order valence-corrected chi connectivity index (χ3v) is 9.94. The second-order valence-corrected chi connectivity index (χ2v) is 14.2. The molecule has 0 radical (unpaired) electrons. The lowest BCUT2D eigenvalue weighted by Crippen LogP contribution is -2.54. The van der Waals surface area contributed by atoms with Gasteiger partial charge >= 0.3 is 5.97 Å². The van der Waals surface area contributed by atoms with Gasteiger partial charge in [-0.15, -0.1) is 0 Å². The van der Waals surface area contributed by atoms with Crippen molar-refractivity contribution >= 4 is 75.7 Å². The van der Waals surface area contributed by atoms with Crippen LogP contribution in [0.15, 0.2) is 48.7 Å². The Morgan fingerprint density at radius 1 is 0.966 bits per heavy atom. The van der Waals surface area contributed by atoms with Crippen LogP contribution in [0.1, 0.15) is 88.1 Å². The molecule has 2 aliphatic rings. The zero-order chi connectivity index (χ0) is 42.2. The van der Waals surface area contributed by atoms with E-state index in [2.05, 4.69) is 41.2 Å². The first-order chi connectivity index (χ1) is 28.3. The van der Waals surface area contributed by atoms with Gasteiger partial charge in [0, 0.05) is 49.9 Å². The van der Waals surface area contributed by atoms with E-state index in [0.29, 0.717) is 43.0 Å². The zero-order valence-electron chi connectivity index (χ0n) is 32.2. The summed E-state index contributed by atoms with van der Waals surface area (Å²) in [5.41, 5.74) is 14.6. The number of unbranched alkanes of at least 4 members (excludes halogenated alkanes) is 3. The normalized spacial score (nSPS) is 15.4. The Morgan fingerprint density at radius 2 is 1.71 bits per heavy atom. The predicted molar refractivity (Wildman–Crippen MR) is 214 cm³/mol. The molecule has 0 saturated carbocycles. The summed E-state index contributed by atoms with van der Waals surface area (Å²) in [5.74, 6) is -4.32. The number of nitrogen functional groups attached to an aromatic ring is 2. The lowest BCUT2D eigenvalue weighted by Gasteiger charge is -2.27. The summed E-state index contributed by atoms with van der Waals surface area (Å²) in [7, 11) is 1.82. The maximum atomic E-state index is 13.3. The van der Waals surface area contributed by atoms with E-state index in [-0.39, 0.29) is 65.7 Å². The van der Waals surface area contributed by atoms with Crippen molar-refractivity contribution in [3.63, 3.8) is 0 Å². The first-order valence-corrected chi connectivity index (χ1v) is 19.1. The third-order valence-electron chi connectivity index (χ3n) is 9.94. The number of carbonyl (C=O) groups excluding carboxylic acids is 6. The summed E-state index contributed by atoms with van der Waals surface area (Å²) in [6, 6.07) is 9.14. The van der Waals surface area contributed by atoms with Crippen LogP contribution in [0.25, 0.3) is 11.2 Å². The molecule has 6 amide bonds. The first-order valence-electron chi connectivity index (χ1n) is 19.1. The molecule has 59 heavy (non-hydrogen) atoms. The average Bonchev–Trinajstić information content (AvgIpc) is 3.46. The Labute approximate surface area is 337 Å². The molecule has 308 valence electrons. The van der Waals surface area contributed by atoms with Crippen molar-refractivity contribution in [2.45, 2.75) is 70.0 Å². The van der Waals surface area contributed by atoms with E-state index in [9.17, 15) is 38.7 Å². The maximum Gasteiger partial charge on any atom is 0.326 e. The number of aliphatic carboxylic acids is 1. The van der Waals surface area contributed by atoms with Gasteiger partial charge in [-0.25, -0.2) is 14.8 Å². The number of rotatable bonds is 18. The molecular weight excluding hydrogens is 765 g/mol. The van der Waals surface area contributed by atoms with Crippen LogP contribution in [0.4, 0.5) is 23.1 Å². The minimum atomic E-state index is -1.28. The highest BCUT2D eigenvalue weighted by Gasteiger charge is 2.45. The van der Waals surface area contributed by atoms with Crippen LogP contribution in [0.3, 0.4) is 0 Å². The number of nitrogens with zero attached hydrogens (tertiary/aromatic N) is 6. The number of anilines is 4. The van der Waals surface area contributed by atoms with Gasteiger partial charge in [0.15, 0.2) is 17.0 Å². The predicted octanol–water partition coefficient (Wildman–Crippen LogP) is 1.37. The van der Waals surface area contributed by atoms with E-state index in [4.69, 9.17) is 11.5 Å². The van der Waals surface area contributed by atoms with Crippen molar-refractivity contribution in [2.75, 3.05) is 41.8 Å². The first kappa shape index (κ1) is 41.4. The maximum absolute atomic E-state index is 13.3. The van der Waals surface area contributed by atoms with Crippen LogP contribution in [0.2, 0.25) is 0 Å². The van der Waals surface area contributed by atoms with Gasteiger partial charge in [-0.1, -0.05) is 18.9 Å². The van der Waals surface area contributed by atoms with Crippen molar-refractivity contribution in [1.82, 2.24) is 40.8 Å². The smallest absolute Gasteiger partial charge is 0.326 e. The molecule has 2 atom stereocenters. The highest BCUT2D eigenvalue weighted by atomic mass is 16.4. The van der Waals surface area contributed by atoms with Gasteiger partial charge in [-0.05, 0) is 62.1 Å². The SMILES string of the molecule is CN(Cc1cnc2nc(N)nc(N)c2n1)c1ccc(C(=O)N[C@H](CCC(=O)NCCCCCCNc2cccc3c2C(=O)N(C2CCC(=O)NC2=O)C3=O)C(=O)O)cc1. The molecule has 1 saturated heterocycles. The van der Waals surface area contributed by atoms with Gasteiger partial charge in [0.2, 0.25) is 23.7 Å². The largest absolute Gasteiger partial charge is 0.480 e. The summed E-state index contributed by atoms with van der Waals surface area (Å²) >= 11 is 0. The monoisotopic (exact) mass is 808 g/mol. The Kier molecular flexibility index (Phi) is 12.9. The van der Waals surface area contributed by atoms with Gasteiger partial charge in [0.1, 0.15) is 12.1 Å². The summed E-state index contributed by atoms with van der Waals surface area (Å²) < 4.78 is 0. The van der Waals surface area contributed by atoms with E-state index in [1.165, 1.54) is 6.07 Å². The average molecular weight is 809 g/mol. The molecule has 2 aromatic heterocycles. The molecule has 4 aromatic rings. The number of nitrogens with one attached hydrogen (secondary N) is 4. The highest BCUT2D eigenvalue weighted by molar-refractivity contribution is 6.25. The van der Waals surface area contributed by atoms with Gasteiger partial charge in [-0.3, -0.25) is 39.0 Å². The highest BCUT2D eigenvalue weighted by Crippen LogP contribution is 2.32. The van der Waals surface area contributed by atoms with Gasteiger partial charge < -0.3 is 37.4 Å². The molecule has 9 N–H and O–H groups in total. The third kappa shape index (κ3) is 9.83. The number of piperidine rings is 1. The Morgan fingerprint density at radius 3 is 2.44 bits per heavy atom. The number of carboxylic acids is 1. The Hall–Kier alpha value is -7.25. The topological polar surface area (TPSA) is 298 Å². The van der Waals surface area contributed by atoms with Crippen LogP contribution >= 0.6 is 0 Å². The summed E-state index contributed by atoms with van der Waals surface area (Å²) in [4.78, 5) is 107. The quantitative estimate of drug-likeness (QED) is 0.0552. The van der Waals surface area contributed by atoms with Crippen molar-refractivity contribution in [3.8, 4) is 0 Å². The van der Waals surface area contributed by atoms with Crippen molar-refractivity contribution in [2.24, 2.45) is 0 Å². The van der Waals surface area contributed by atoms with E-state index in [1.54, 1.807) is 42.6 Å². The molecule has 0 bridgehead atoms. The number of fused-ring (bicyclic) bond motifs is 2. The molecule has 6 rings (SSSR count). The second-order valence-electron chi connectivity index (χ2n) is 14.2. The van der Waals surface area contributed by atoms with E-state index in [1.807, 2.05) is 11.9 Å². The second kappa shape index (κ2) is 18.3. The molecular formula is C39H44N12O8. The summed E-state index contributed by atoms with van der Waals surface area (Å²) in [6.07, 6.45) is 4.48. The fourth-order valence-electron chi connectivity index (χ4n) is 6.84. The van der Waals surface area contributed by atoms with Crippen LogP contribution in [0, 0.1) is 0 Å². The molecule has 2 aromatic carbocycles. The number of amides is 6. The number of carbonyl (C=O) groups is 7. The standard InChI is InChI=1S/C39H44N12O8/c1-50(20-22-19-44-33-31(45-22)32(40)48-39(41)49-33)23-11-9-21(10-12-23)34(54)46-26(38(58)59)13-15-28(52)43-18-5-3-2-4-17-42-25-8-6-7-24-30(25)37(57)51(36(24)56)27-14-16-29(53)47-35(27)55/h6-12,19,26-27,42H,2-5,13-18,20H2,1H3,(H,43,52)(H,46,54)(H,58,59)(H,47,53,55)(H4,40,41,44,48,49)/t26-,27?/m1/s1. The van der Waals surface area contributed by atoms with Gasteiger partial charge in [0.25, 0.3) is 17.7 Å².